The SMILES string of the molecule is CCCCOCCNCc1cc(C)sc1C. The van der Waals surface area contributed by atoms with Gasteiger partial charge in [0.1, 0.15) is 0 Å². The van der Waals surface area contributed by atoms with E-state index in [4.69, 9.17) is 4.74 Å². The Morgan fingerprint density at radius 3 is 2.75 bits per heavy atom. The Morgan fingerprint density at radius 2 is 2.12 bits per heavy atom. The lowest BCUT2D eigenvalue weighted by atomic mass is 10.2. The molecule has 0 aliphatic heterocycles. The van der Waals surface area contributed by atoms with Gasteiger partial charge in [-0.25, -0.2) is 0 Å². The Balaban J connectivity index is 2.05. The van der Waals surface area contributed by atoms with E-state index in [1.807, 2.05) is 11.3 Å². The molecule has 1 aromatic rings. The predicted octanol–water partition coefficient (Wildman–Crippen LogP) is 3.27. The number of thiophene rings is 1. The maximum Gasteiger partial charge on any atom is 0.0591 e. The van der Waals surface area contributed by atoms with Crippen LogP contribution in [0.3, 0.4) is 0 Å². The Hall–Kier alpha value is -0.380. The standard InChI is InChI=1S/C13H23NOS/c1-4-5-7-15-8-6-14-10-13-9-11(2)16-12(13)3/h9,14H,4-8,10H2,1-3H3. The van der Waals surface area contributed by atoms with Crippen LogP contribution in [0.15, 0.2) is 6.07 Å². The van der Waals surface area contributed by atoms with Crippen molar-refractivity contribution in [2.75, 3.05) is 19.8 Å². The quantitative estimate of drug-likeness (QED) is 0.705. The van der Waals surface area contributed by atoms with Gasteiger partial charge in [-0.1, -0.05) is 13.3 Å². The van der Waals surface area contributed by atoms with Gasteiger partial charge in [-0.2, -0.15) is 0 Å². The first-order valence-corrected chi connectivity index (χ1v) is 6.90. The van der Waals surface area contributed by atoms with Crippen LogP contribution >= 0.6 is 11.3 Å². The first kappa shape index (κ1) is 13.7. The van der Waals surface area contributed by atoms with E-state index < -0.39 is 0 Å². The van der Waals surface area contributed by atoms with Gasteiger partial charge in [0.2, 0.25) is 0 Å². The van der Waals surface area contributed by atoms with Crippen LogP contribution < -0.4 is 5.32 Å². The first-order chi connectivity index (χ1) is 7.74. The molecule has 0 saturated heterocycles. The van der Waals surface area contributed by atoms with Gasteiger partial charge in [-0.3, -0.25) is 0 Å². The summed E-state index contributed by atoms with van der Waals surface area (Å²) in [5.41, 5.74) is 1.43. The van der Waals surface area contributed by atoms with Crippen LogP contribution in [0.4, 0.5) is 0 Å². The van der Waals surface area contributed by atoms with Gasteiger partial charge in [0, 0.05) is 29.5 Å². The molecule has 0 radical (unpaired) electrons. The number of unbranched alkanes of at least 4 members (excludes halogenated alkanes) is 1. The molecule has 0 aromatic carbocycles. The summed E-state index contributed by atoms with van der Waals surface area (Å²) in [7, 11) is 0. The summed E-state index contributed by atoms with van der Waals surface area (Å²) >= 11 is 1.87. The summed E-state index contributed by atoms with van der Waals surface area (Å²) in [5, 5.41) is 3.41. The molecule has 0 amide bonds. The summed E-state index contributed by atoms with van der Waals surface area (Å²) in [6.07, 6.45) is 2.38. The van der Waals surface area contributed by atoms with Crippen LogP contribution in [0.2, 0.25) is 0 Å². The van der Waals surface area contributed by atoms with Crippen LogP contribution in [0.25, 0.3) is 0 Å². The second-order valence-corrected chi connectivity index (χ2v) is 5.54. The average molecular weight is 241 g/mol. The number of ether oxygens (including phenoxy) is 1. The molecule has 0 aliphatic carbocycles. The number of nitrogens with one attached hydrogen (secondary N) is 1. The van der Waals surface area contributed by atoms with E-state index in [-0.39, 0.29) is 0 Å². The third kappa shape index (κ3) is 5.10. The second kappa shape index (κ2) is 7.82. The van der Waals surface area contributed by atoms with Gasteiger partial charge in [0.05, 0.1) is 6.61 Å². The molecule has 0 atom stereocenters. The molecule has 92 valence electrons. The topological polar surface area (TPSA) is 21.3 Å². The zero-order valence-corrected chi connectivity index (χ0v) is 11.5. The zero-order chi connectivity index (χ0) is 11.8. The van der Waals surface area contributed by atoms with Crippen LogP contribution in [0.5, 0.6) is 0 Å². The molecule has 1 N–H and O–H groups in total. The highest BCUT2D eigenvalue weighted by Crippen LogP contribution is 2.19. The Morgan fingerprint density at radius 1 is 1.31 bits per heavy atom. The fourth-order valence-corrected chi connectivity index (χ4v) is 2.52. The van der Waals surface area contributed by atoms with Crippen molar-refractivity contribution in [1.29, 1.82) is 0 Å². The maximum absolute atomic E-state index is 5.49. The molecule has 0 spiro atoms. The van der Waals surface area contributed by atoms with Crippen LogP contribution in [0.1, 0.15) is 35.1 Å². The number of aryl methyl sites for hydroxylation is 2. The fraction of sp³-hybridized carbons (Fsp3) is 0.692. The lowest BCUT2D eigenvalue weighted by Crippen LogP contribution is -2.19. The molecule has 0 aliphatic rings. The van der Waals surface area contributed by atoms with E-state index in [1.165, 1.54) is 28.2 Å². The maximum atomic E-state index is 5.49. The number of hydrogen-bond acceptors (Lipinski definition) is 3. The Bertz CT molecular complexity index is 296. The molecule has 2 nitrogen and oxygen atoms in total. The number of hydrogen-bond donors (Lipinski definition) is 1. The molecule has 0 saturated carbocycles. The summed E-state index contributed by atoms with van der Waals surface area (Å²) in [6.45, 7) is 10.2. The molecule has 1 heterocycles. The van der Waals surface area contributed by atoms with Crippen LogP contribution in [0, 0.1) is 13.8 Å². The minimum atomic E-state index is 0.822. The summed E-state index contributed by atoms with van der Waals surface area (Å²) in [5.74, 6) is 0. The smallest absolute Gasteiger partial charge is 0.0591 e. The Labute approximate surface area is 103 Å². The third-order valence-corrected chi connectivity index (χ3v) is 3.53. The van der Waals surface area contributed by atoms with Crippen molar-refractivity contribution in [3.8, 4) is 0 Å². The molecule has 0 unspecified atom stereocenters. The molecule has 0 fully saturated rings. The molecule has 1 aromatic heterocycles. The normalized spacial score (nSPS) is 10.9. The lowest BCUT2D eigenvalue weighted by molar-refractivity contribution is 0.133. The molecule has 0 bridgehead atoms. The van der Waals surface area contributed by atoms with E-state index in [1.54, 1.807) is 0 Å². The van der Waals surface area contributed by atoms with E-state index in [9.17, 15) is 0 Å². The highest BCUT2D eigenvalue weighted by molar-refractivity contribution is 7.12. The van der Waals surface area contributed by atoms with Crippen molar-refractivity contribution in [1.82, 2.24) is 5.32 Å². The van der Waals surface area contributed by atoms with Crippen LogP contribution in [-0.4, -0.2) is 19.8 Å². The van der Waals surface area contributed by atoms with Gasteiger partial charge in [0.25, 0.3) is 0 Å². The lowest BCUT2D eigenvalue weighted by Gasteiger charge is -2.05. The van der Waals surface area contributed by atoms with E-state index in [0.717, 1.165) is 26.3 Å². The first-order valence-electron chi connectivity index (χ1n) is 6.08. The molecule has 16 heavy (non-hydrogen) atoms. The summed E-state index contributed by atoms with van der Waals surface area (Å²) < 4.78 is 5.49. The van der Waals surface area contributed by atoms with Crippen molar-refractivity contribution < 1.29 is 4.74 Å². The van der Waals surface area contributed by atoms with E-state index in [0.29, 0.717) is 0 Å². The third-order valence-electron chi connectivity index (χ3n) is 2.52. The highest BCUT2D eigenvalue weighted by Gasteiger charge is 2.01. The van der Waals surface area contributed by atoms with Gasteiger partial charge < -0.3 is 10.1 Å². The van der Waals surface area contributed by atoms with Gasteiger partial charge >= 0.3 is 0 Å². The second-order valence-electron chi connectivity index (χ2n) is 4.08. The van der Waals surface area contributed by atoms with Crippen molar-refractivity contribution in [2.45, 2.75) is 40.2 Å². The largest absolute Gasteiger partial charge is 0.380 e. The van der Waals surface area contributed by atoms with Crippen molar-refractivity contribution in [2.24, 2.45) is 0 Å². The van der Waals surface area contributed by atoms with Crippen molar-refractivity contribution >= 4 is 11.3 Å². The molecular formula is C13H23NOS. The van der Waals surface area contributed by atoms with E-state index in [2.05, 4.69) is 32.2 Å². The molecule has 1 rings (SSSR count). The molecule has 3 heteroatoms. The van der Waals surface area contributed by atoms with Gasteiger partial charge in [-0.15, -0.1) is 11.3 Å². The summed E-state index contributed by atoms with van der Waals surface area (Å²) in [6, 6.07) is 2.27. The monoisotopic (exact) mass is 241 g/mol. The molecular weight excluding hydrogens is 218 g/mol. The number of rotatable bonds is 8. The van der Waals surface area contributed by atoms with Crippen LogP contribution in [-0.2, 0) is 11.3 Å². The van der Waals surface area contributed by atoms with E-state index >= 15 is 0 Å². The fourth-order valence-electron chi connectivity index (χ4n) is 1.57. The van der Waals surface area contributed by atoms with Crippen molar-refractivity contribution in [3.63, 3.8) is 0 Å². The highest BCUT2D eigenvalue weighted by atomic mass is 32.1. The predicted molar refractivity (Wildman–Crippen MR) is 71.2 cm³/mol. The summed E-state index contributed by atoms with van der Waals surface area (Å²) in [4.78, 5) is 2.82. The van der Waals surface area contributed by atoms with Gasteiger partial charge in [0.15, 0.2) is 0 Å². The van der Waals surface area contributed by atoms with Gasteiger partial charge in [-0.05, 0) is 31.9 Å². The average Bonchev–Trinajstić information content (AvgIpc) is 2.56. The zero-order valence-electron chi connectivity index (χ0n) is 10.6. The minimum Gasteiger partial charge on any atom is -0.380 e. The minimum absolute atomic E-state index is 0.822. The Kier molecular flexibility index (Phi) is 6.69. The van der Waals surface area contributed by atoms with Crippen molar-refractivity contribution in [3.05, 3.63) is 21.4 Å².